The number of hydrogen-bond donors (Lipinski definition) is 1. The van der Waals surface area contributed by atoms with E-state index in [1.807, 2.05) is 24.0 Å². The fourth-order valence-corrected chi connectivity index (χ4v) is 2.48. The molecule has 2 N–H and O–H groups in total. The monoisotopic (exact) mass is 258 g/mol. The third-order valence-corrected chi connectivity index (χ3v) is 3.52. The van der Waals surface area contributed by atoms with E-state index >= 15 is 0 Å². The van der Waals surface area contributed by atoms with Crippen LogP contribution in [-0.4, -0.2) is 19.3 Å². The molecule has 18 heavy (non-hydrogen) atoms. The molecule has 2 rings (SSSR count). The third kappa shape index (κ3) is 2.71. The summed E-state index contributed by atoms with van der Waals surface area (Å²) in [4.78, 5) is 2.01. The molecule has 1 fully saturated rings. The van der Waals surface area contributed by atoms with Crippen LogP contribution in [-0.2, 0) is 0 Å². The van der Waals surface area contributed by atoms with Gasteiger partial charge in [-0.15, -0.1) is 0 Å². The summed E-state index contributed by atoms with van der Waals surface area (Å²) in [5.41, 5.74) is 8.36. The fraction of sp³-hybridized carbons (Fsp3) is 0.538. The van der Waals surface area contributed by atoms with Crippen LogP contribution in [0.25, 0.3) is 0 Å². The number of nitrogens with two attached hydrogens (primary N) is 1. The maximum absolute atomic E-state index is 12.6. The van der Waals surface area contributed by atoms with Crippen molar-refractivity contribution in [3.8, 4) is 0 Å². The van der Waals surface area contributed by atoms with E-state index < -0.39 is 12.1 Å². The van der Waals surface area contributed by atoms with Gasteiger partial charge in [0.25, 0.3) is 0 Å². The summed E-state index contributed by atoms with van der Waals surface area (Å²) in [6, 6.07) is 5.53. The van der Waals surface area contributed by atoms with Gasteiger partial charge >= 0.3 is 6.18 Å². The standard InChI is InChI=1S/C13H17F3N2/c1-9-8-11(17)2-3-12(9)18-6-4-10(5-7-18)13(14,15)16/h2-3,8,10H,4-7,17H2,1H3. The van der Waals surface area contributed by atoms with Crippen LogP contribution in [0.5, 0.6) is 0 Å². The Morgan fingerprint density at radius 2 is 1.83 bits per heavy atom. The van der Waals surface area contributed by atoms with E-state index in [2.05, 4.69) is 0 Å². The fourth-order valence-electron chi connectivity index (χ4n) is 2.48. The highest BCUT2D eigenvalue weighted by Crippen LogP contribution is 2.36. The highest BCUT2D eigenvalue weighted by atomic mass is 19.4. The van der Waals surface area contributed by atoms with E-state index in [-0.39, 0.29) is 12.8 Å². The predicted molar refractivity (Wildman–Crippen MR) is 66.6 cm³/mol. The van der Waals surface area contributed by atoms with Crippen LogP contribution in [0, 0.1) is 12.8 Å². The first-order chi connectivity index (χ1) is 8.38. The van der Waals surface area contributed by atoms with E-state index in [4.69, 9.17) is 5.73 Å². The van der Waals surface area contributed by atoms with Gasteiger partial charge in [0.05, 0.1) is 5.92 Å². The first-order valence-electron chi connectivity index (χ1n) is 6.05. The number of aryl methyl sites for hydroxylation is 1. The highest BCUT2D eigenvalue weighted by Gasteiger charge is 2.41. The Hall–Kier alpha value is -1.39. The topological polar surface area (TPSA) is 29.3 Å². The first kappa shape index (κ1) is 13.1. The van der Waals surface area contributed by atoms with Gasteiger partial charge in [0.1, 0.15) is 0 Å². The zero-order valence-electron chi connectivity index (χ0n) is 10.3. The summed E-state index contributed by atoms with van der Waals surface area (Å²) in [7, 11) is 0. The number of benzene rings is 1. The van der Waals surface area contributed by atoms with Gasteiger partial charge in [-0.25, -0.2) is 0 Å². The average Bonchev–Trinajstić information content (AvgIpc) is 2.28. The molecule has 0 aromatic heterocycles. The van der Waals surface area contributed by atoms with Crippen LogP contribution in [0.4, 0.5) is 24.5 Å². The van der Waals surface area contributed by atoms with Gasteiger partial charge in [-0.05, 0) is 43.5 Å². The largest absolute Gasteiger partial charge is 0.399 e. The smallest absolute Gasteiger partial charge is 0.391 e. The van der Waals surface area contributed by atoms with Crippen molar-refractivity contribution < 1.29 is 13.2 Å². The Morgan fingerprint density at radius 3 is 2.33 bits per heavy atom. The number of nitrogen functional groups attached to an aromatic ring is 1. The number of anilines is 2. The van der Waals surface area contributed by atoms with Gasteiger partial charge in [0.15, 0.2) is 0 Å². The minimum atomic E-state index is -4.05. The number of halogens is 3. The van der Waals surface area contributed by atoms with Gasteiger partial charge in [-0.1, -0.05) is 0 Å². The molecule has 5 heteroatoms. The lowest BCUT2D eigenvalue weighted by atomic mass is 9.95. The van der Waals surface area contributed by atoms with Crippen molar-refractivity contribution in [3.05, 3.63) is 23.8 Å². The van der Waals surface area contributed by atoms with Crippen molar-refractivity contribution >= 4 is 11.4 Å². The van der Waals surface area contributed by atoms with Crippen LogP contribution < -0.4 is 10.6 Å². The van der Waals surface area contributed by atoms with Crippen molar-refractivity contribution in [2.75, 3.05) is 23.7 Å². The van der Waals surface area contributed by atoms with Crippen LogP contribution in [0.1, 0.15) is 18.4 Å². The molecule has 1 aromatic rings. The molecule has 1 saturated heterocycles. The summed E-state index contributed by atoms with van der Waals surface area (Å²) in [6.07, 6.45) is -3.71. The van der Waals surface area contributed by atoms with E-state index in [0.29, 0.717) is 18.8 Å². The molecule has 0 unspecified atom stereocenters. The van der Waals surface area contributed by atoms with Crippen molar-refractivity contribution in [1.82, 2.24) is 0 Å². The molecule has 100 valence electrons. The van der Waals surface area contributed by atoms with E-state index in [1.54, 1.807) is 6.07 Å². The van der Waals surface area contributed by atoms with Gasteiger partial charge in [0, 0.05) is 24.5 Å². The summed E-state index contributed by atoms with van der Waals surface area (Å²) >= 11 is 0. The average molecular weight is 258 g/mol. The van der Waals surface area contributed by atoms with Crippen molar-refractivity contribution in [3.63, 3.8) is 0 Å². The number of nitrogens with zero attached hydrogens (tertiary/aromatic N) is 1. The quantitative estimate of drug-likeness (QED) is 0.783. The molecule has 2 nitrogen and oxygen atoms in total. The zero-order chi connectivity index (χ0) is 13.3. The lowest BCUT2D eigenvalue weighted by Crippen LogP contribution is -2.39. The van der Waals surface area contributed by atoms with E-state index in [9.17, 15) is 13.2 Å². The van der Waals surface area contributed by atoms with Gasteiger partial charge in [-0.3, -0.25) is 0 Å². The maximum Gasteiger partial charge on any atom is 0.391 e. The number of piperidine rings is 1. The second-order valence-electron chi connectivity index (χ2n) is 4.85. The Balaban J connectivity index is 2.06. The van der Waals surface area contributed by atoms with Gasteiger partial charge in [-0.2, -0.15) is 13.2 Å². The lowest BCUT2D eigenvalue weighted by molar-refractivity contribution is -0.179. The van der Waals surface area contributed by atoms with Crippen LogP contribution in [0.3, 0.4) is 0 Å². The van der Waals surface area contributed by atoms with Crippen LogP contribution in [0.2, 0.25) is 0 Å². The number of rotatable bonds is 1. The van der Waals surface area contributed by atoms with E-state index in [1.165, 1.54) is 0 Å². The third-order valence-electron chi connectivity index (χ3n) is 3.52. The molecule has 1 aromatic carbocycles. The molecule has 1 aliphatic heterocycles. The van der Waals surface area contributed by atoms with Gasteiger partial charge in [0.2, 0.25) is 0 Å². The maximum atomic E-state index is 12.6. The molecule has 1 aliphatic rings. The molecule has 1 heterocycles. The molecule has 0 atom stereocenters. The summed E-state index contributed by atoms with van der Waals surface area (Å²) < 4.78 is 37.7. The Kier molecular flexibility index (Phi) is 3.41. The number of hydrogen-bond acceptors (Lipinski definition) is 2. The molecule has 0 aliphatic carbocycles. The normalized spacial score (nSPS) is 18.1. The zero-order valence-corrected chi connectivity index (χ0v) is 10.3. The Labute approximate surface area is 105 Å². The second-order valence-corrected chi connectivity index (χ2v) is 4.85. The molecule has 0 spiro atoms. The minimum Gasteiger partial charge on any atom is -0.399 e. The Morgan fingerprint density at radius 1 is 1.22 bits per heavy atom. The highest BCUT2D eigenvalue weighted by molar-refractivity contribution is 5.59. The molecular weight excluding hydrogens is 241 g/mol. The van der Waals surface area contributed by atoms with Crippen molar-refractivity contribution in [1.29, 1.82) is 0 Å². The molecule has 0 amide bonds. The van der Waals surface area contributed by atoms with Crippen LogP contribution in [0.15, 0.2) is 18.2 Å². The van der Waals surface area contributed by atoms with E-state index in [0.717, 1.165) is 11.3 Å². The van der Waals surface area contributed by atoms with Gasteiger partial charge < -0.3 is 10.6 Å². The minimum absolute atomic E-state index is 0.174. The van der Waals surface area contributed by atoms with Crippen LogP contribution >= 0.6 is 0 Å². The van der Waals surface area contributed by atoms with Crippen molar-refractivity contribution in [2.24, 2.45) is 5.92 Å². The first-order valence-corrected chi connectivity index (χ1v) is 6.05. The lowest BCUT2D eigenvalue weighted by Gasteiger charge is -2.35. The second kappa shape index (κ2) is 4.71. The molecule has 0 bridgehead atoms. The summed E-state index contributed by atoms with van der Waals surface area (Å²) in [6.45, 7) is 2.84. The summed E-state index contributed by atoms with van der Waals surface area (Å²) in [5.74, 6) is -1.15. The SMILES string of the molecule is Cc1cc(N)ccc1N1CCC(C(F)(F)F)CC1. The Bertz CT molecular complexity index is 421. The summed E-state index contributed by atoms with van der Waals surface area (Å²) in [5, 5.41) is 0. The van der Waals surface area contributed by atoms with Crippen molar-refractivity contribution in [2.45, 2.75) is 25.9 Å². The number of alkyl halides is 3. The predicted octanol–water partition coefficient (Wildman–Crippen LogP) is 3.36. The molecule has 0 saturated carbocycles. The molecule has 0 radical (unpaired) electrons. The molecular formula is C13H17F3N2.